The number of likely N-dealkylation sites (tertiary alicyclic amines) is 1. The number of amides is 1. The molecule has 1 aromatic heterocycles. The Morgan fingerprint density at radius 3 is 2.20 bits per heavy atom. The Labute approximate surface area is 207 Å². The lowest BCUT2D eigenvalue weighted by molar-refractivity contribution is -0.140. The topological polar surface area (TPSA) is 98.2 Å². The third-order valence-corrected chi connectivity index (χ3v) is 5.97. The first kappa shape index (κ1) is 24.1. The van der Waals surface area contributed by atoms with Crippen LogP contribution in [0.5, 0.6) is 17.2 Å². The lowest BCUT2D eigenvalue weighted by Gasteiger charge is -2.26. The third kappa shape index (κ3) is 4.52. The highest BCUT2D eigenvalue weighted by Gasteiger charge is 2.46. The van der Waals surface area contributed by atoms with Gasteiger partial charge in [-0.15, -0.1) is 0 Å². The summed E-state index contributed by atoms with van der Waals surface area (Å²) in [5, 5.41) is 11.7. The lowest BCUT2D eigenvalue weighted by atomic mass is 9.94. The predicted octanol–water partition coefficient (Wildman–Crippen LogP) is 4.38. The van der Waals surface area contributed by atoms with Gasteiger partial charge in [-0.1, -0.05) is 17.7 Å². The molecular weight excluding hydrogens is 472 g/mol. The average molecular weight is 495 g/mol. The standard InChI is InChI=1S/C26H23ClN2O6/c1-33-19-12-16(13-20(34-2)25(19)35-3)22-21(23(30)15-7-9-17(27)10-8-15)24(31)26(32)29(22)14-18-6-4-5-11-28-18/h4-13,22,30H,14H2,1-3H3/b23-21+. The molecular formula is C26H23ClN2O6. The van der Waals surface area contributed by atoms with Crippen LogP contribution < -0.4 is 14.2 Å². The number of nitrogens with zero attached hydrogens (tertiary/aromatic N) is 2. The molecule has 1 saturated heterocycles. The number of rotatable bonds is 7. The summed E-state index contributed by atoms with van der Waals surface area (Å²) in [7, 11) is 4.42. The minimum atomic E-state index is -0.943. The molecule has 2 heterocycles. The second-order valence-electron chi connectivity index (χ2n) is 7.71. The molecule has 9 heteroatoms. The molecule has 1 N–H and O–H groups in total. The van der Waals surface area contributed by atoms with Crippen molar-refractivity contribution in [2.24, 2.45) is 0 Å². The van der Waals surface area contributed by atoms with Crippen molar-refractivity contribution in [1.29, 1.82) is 0 Å². The second-order valence-corrected chi connectivity index (χ2v) is 8.15. The maximum absolute atomic E-state index is 13.3. The fourth-order valence-electron chi connectivity index (χ4n) is 4.08. The maximum Gasteiger partial charge on any atom is 0.296 e. The quantitative estimate of drug-likeness (QED) is 0.295. The minimum Gasteiger partial charge on any atom is -0.507 e. The number of aliphatic hydroxyl groups excluding tert-OH is 1. The molecule has 4 rings (SSSR count). The van der Waals surface area contributed by atoms with E-state index in [1.165, 1.54) is 26.2 Å². The summed E-state index contributed by atoms with van der Waals surface area (Å²) >= 11 is 5.99. The Balaban J connectivity index is 1.94. The van der Waals surface area contributed by atoms with Gasteiger partial charge < -0.3 is 24.2 Å². The number of hydrogen-bond acceptors (Lipinski definition) is 7. The summed E-state index contributed by atoms with van der Waals surface area (Å²) in [6, 6.07) is 14.0. The molecule has 0 bridgehead atoms. The summed E-state index contributed by atoms with van der Waals surface area (Å²) in [6.45, 7) is 0.0458. The van der Waals surface area contributed by atoms with Crippen LogP contribution >= 0.6 is 11.6 Å². The van der Waals surface area contributed by atoms with Crippen LogP contribution in [0, 0.1) is 0 Å². The highest BCUT2D eigenvalue weighted by atomic mass is 35.5. The number of aromatic nitrogens is 1. The zero-order valence-corrected chi connectivity index (χ0v) is 20.1. The zero-order valence-electron chi connectivity index (χ0n) is 19.3. The molecule has 8 nitrogen and oxygen atoms in total. The summed E-state index contributed by atoms with van der Waals surface area (Å²) < 4.78 is 16.4. The summed E-state index contributed by atoms with van der Waals surface area (Å²) in [5.74, 6) is -0.842. The largest absolute Gasteiger partial charge is 0.507 e. The molecule has 1 atom stereocenters. The number of pyridine rings is 1. The molecule has 1 fully saturated rings. The summed E-state index contributed by atoms with van der Waals surface area (Å²) in [6.07, 6.45) is 1.61. The van der Waals surface area contributed by atoms with Crippen LogP contribution in [0.4, 0.5) is 0 Å². The van der Waals surface area contributed by atoms with Gasteiger partial charge in [-0.05, 0) is 54.1 Å². The van der Waals surface area contributed by atoms with Crippen molar-refractivity contribution in [3.63, 3.8) is 0 Å². The monoisotopic (exact) mass is 494 g/mol. The van der Waals surface area contributed by atoms with E-state index in [1.54, 1.807) is 60.8 Å². The number of ketones is 1. The van der Waals surface area contributed by atoms with Crippen molar-refractivity contribution in [3.8, 4) is 17.2 Å². The molecule has 3 aromatic rings. The number of carbonyl (C=O) groups is 2. The van der Waals surface area contributed by atoms with Gasteiger partial charge in [0.05, 0.1) is 45.2 Å². The molecule has 1 aliphatic rings. The van der Waals surface area contributed by atoms with Crippen molar-refractivity contribution >= 4 is 29.1 Å². The van der Waals surface area contributed by atoms with Crippen molar-refractivity contribution in [1.82, 2.24) is 9.88 Å². The van der Waals surface area contributed by atoms with E-state index < -0.39 is 17.7 Å². The van der Waals surface area contributed by atoms with E-state index >= 15 is 0 Å². The number of Topliss-reactive ketones (excluding diaryl/α,β-unsaturated/α-hetero) is 1. The molecule has 0 radical (unpaired) electrons. The SMILES string of the molecule is COc1cc(C2/C(=C(\O)c3ccc(Cl)cc3)C(=O)C(=O)N2Cc2ccccn2)cc(OC)c1OC. The molecule has 1 aliphatic heterocycles. The Morgan fingerprint density at radius 1 is 1.00 bits per heavy atom. The Kier molecular flexibility index (Phi) is 6.93. The van der Waals surface area contributed by atoms with E-state index in [0.29, 0.717) is 39.1 Å². The predicted molar refractivity (Wildman–Crippen MR) is 130 cm³/mol. The molecule has 0 aliphatic carbocycles. The number of methoxy groups -OCH3 is 3. The normalized spacial score (nSPS) is 16.9. The second kappa shape index (κ2) is 10.1. The summed E-state index contributed by atoms with van der Waals surface area (Å²) in [5.41, 5.74) is 1.36. The number of benzene rings is 2. The number of ether oxygens (including phenoxy) is 3. The van der Waals surface area contributed by atoms with Crippen LogP contribution in [0.1, 0.15) is 22.9 Å². The van der Waals surface area contributed by atoms with Crippen molar-refractivity contribution < 1.29 is 28.9 Å². The molecule has 35 heavy (non-hydrogen) atoms. The van der Waals surface area contributed by atoms with E-state index in [4.69, 9.17) is 25.8 Å². The van der Waals surface area contributed by atoms with Crippen LogP contribution in [0.3, 0.4) is 0 Å². The lowest BCUT2D eigenvalue weighted by Crippen LogP contribution is -2.29. The first-order valence-corrected chi connectivity index (χ1v) is 11.0. The fraction of sp³-hybridized carbons (Fsp3) is 0.192. The fourth-order valence-corrected chi connectivity index (χ4v) is 4.20. The van der Waals surface area contributed by atoms with Crippen LogP contribution in [-0.4, -0.2) is 48.0 Å². The van der Waals surface area contributed by atoms with Crippen molar-refractivity contribution in [3.05, 3.63) is 88.2 Å². The molecule has 1 unspecified atom stereocenters. The van der Waals surface area contributed by atoms with Crippen molar-refractivity contribution in [2.45, 2.75) is 12.6 Å². The van der Waals surface area contributed by atoms with E-state index in [1.807, 2.05) is 0 Å². The highest BCUT2D eigenvalue weighted by Crippen LogP contribution is 2.46. The maximum atomic E-state index is 13.3. The molecule has 180 valence electrons. The molecule has 2 aromatic carbocycles. The van der Waals surface area contributed by atoms with Gasteiger partial charge >= 0.3 is 0 Å². The number of halogens is 1. The third-order valence-electron chi connectivity index (χ3n) is 5.72. The van der Waals surface area contributed by atoms with Gasteiger partial charge in [0.25, 0.3) is 11.7 Å². The highest BCUT2D eigenvalue weighted by molar-refractivity contribution is 6.46. The minimum absolute atomic E-state index is 0.0458. The molecule has 0 saturated carbocycles. The smallest absolute Gasteiger partial charge is 0.296 e. The van der Waals surface area contributed by atoms with Gasteiger partial charge in [0.15, 0.2) is 11.5 Å². The van der Waals surface area contributed by atoms with Gasteiger partial charge in [-0.3, -0.25) is 14.6 Å². The van der Waals surface area contributed by atoms with Gasteiger partial charge in [0.2, 0.25) is 5.75 Å². The average Bonchev–Trinajstić information content (AvgIpc) is 3.13. The van der Waals surface area contributed by atoms with E-state index in [-0.39, 0.29) is 17.9 Å². The van der Waals surface area contributed by atoms with Gasteiger partial charge in [-0.2, -0.15) is 0 Å². The Bertz CT molecular complexity index is 1270. The molecule has 0 spiro atoms. The van der Waals surface area contributed by atoms with Gasteiger partial charge in [0.1, 0.15) is 5.76 Å². The van der Waals surface area contributed by atoms with E-state index in [2.05, 4.69) is 4.98 Å². The summed E-state index contributed by atoms with van der Waals surface area (Å²) in [4.78, 5) is 32.1. The van der Waals surface area contributed by atoms with E-state index in [9.17, 15) is 14.7 Å². The first-order valence-electron chi connectivity index (χ1n) is 10.6. The van der Waals surface area contributed by atoms with Crippen LogP contribution in [-0.2, 0) is 16.1 Å². The van der Waals surface area contributed by atoms with Crippen LogP contribution in [0.15, 0.2) is 66.4 Å². The molecule has 1 amide bonds. The van der Waals surface area contributed by atoms with E-state index in [0.717, 1.165) is 0 Å². The van der Waals surface area contributed by atoms with Gasteiger partial charge in [0, 0.05) is 16.8 Å². The van der Waals surface area contributed by atoms with Gasteiger partial charge in [-0.25, -0.2) is 0 Å². The van der Waals surface area contributed by atoms with Crippen molar-refractivity contribution in [2.75, 3.05) is 21.3 Å². The van der Waals surface area contributed by atoms with Crippen LogP contribution in [0.25, 0.3) is 5.76 Å². The zero-order chi connectivity index (χ0) is 25.1. The Hall–Kier alpha value is -4.04. The Morgan fingerprint density at radius 2 is 1.66 bits per heavy atom. The number of aliphatic hydroxyl groups is 1. The number of carbonyl (C=O) groups excluding carboxylic acids is 2. The van der Waals surface area contributed by atoms with Crippen LogP contribution in [0.2, 0.25) is 5.02 Å². The number of hydrogen-bond donors (Lipinski definition) is 1. The first-order chi connectivity index (χ1) is 16.9.